The lowest BCUT2D eigenvalue weighted by molar-refractivity contribution is -0.129. The third-order valence-corrected chi connectivity index (χ3v) is 4.11. The number of anilines is 1. The van der Waals surface area contributed by atoms with E-state index in [0.717, 1.165) is 5.56 Å². The highest BCUT2D eigenvalue weighted by atomic mass is 16.3. The quantitative estimate of drug-likeness (QED) is 0.890. The minimum absolute atomic E-state index is 0.260. The summed E-state index contributed by atoms with van der Waals surface area (Å²) in [5.74, 6) is -0.806. The molecule has 3 rings (SSSR count). The first kappa shape index (κ1) is 15.2. The first-order valence-electron chi connectivity index (χ1n) is 7.32. The Morgan fingerprint density at radius 3 is 2.39 bits per heavy atom. The average molecular weight is 310 g/mol. The maximum absolute atomic E-state index is 12.5. The SMILES string of the molecule is Cc1ccc(C2(O)C(=O)Nc3cccc(C(=O)N(C)C)c32)cc1. The minimum atomic E-state index is -1.87. The summed E-state index contributed by atoms with van der Waals surface area (Å²) in [6.45, 7) is 1.93. The van der Waals surface area contributed by atoms with E-state index in [1.165, 1.54) is 4.90 Å². The molecule has 0 aliphatic carbocycles. The number of fused-ring (bicyclic) bond motifs is 1. The average Bonchev–Trinajstić information content (AvgIpc) is 2.79. The molecule has 0 fully saturated rings. The number of benzene rings is 2. The van der Waals surface area contributed by atoms with E-state index in [9.17, 15) is 14.7 Å². The minimum Gasteiger partial charge on any atom is -0.372 e. The van der Waals surface area contributed by atoms with Gasteiger partial charge in [0.1, 0.15) is 0 Å². The highest BCUT2D eigenvalue weighted by molar-refractivity contribution is 6.11. The number of nitrogens with zero attached hydrogens (tertiary/aromatic N) is 1. The van der Waals surface area contributed by atoms with E-state index in [1.54, 1.807) is 44.4 Å². The predicted molar refractivity (Wildman–Crippen MR) is 87.3 cm³/mol. The van der Waals surface area contributed by atoms with E-state index in [1.807, 2.05) is 19.1 Å². The highest BCUT2D eigenvalue weighted by Crippen LogP contribution is 2.43. The van der Waals surface area contributed by atoms with Crippen molar-refractivity contribution < 1.29 is 14.7 Å². The van der Waals surface area contributed by atoms with Crippen molar-refractivity contribution in [2.24, 2.45) is 0 Å². The number of nitrogens with one attached hydrogen (secondary N) is 1. The molecule has 2 aromatic carbocycles. The second-order valence-corrected chi connectivity index (χ2v) is 5.96. The molecular weight excluding hydrogens is 292 g/mol. The van der Waals surface area contributed by atoms with Crippen molar-refractivity contribution in [3.8, 4) is 0 Å². The second kappa shape index (κ2) is 5.21. The summed E-state index contributed by atoms with van der Waals surface area (Å²) in [5.41, 5.74) is 0.685. The van der Waals surface area contributed by atoms with E-state index in [0.29, 0.717) is 22.4 Å². The molecule has 2 aromatic rings. The zero-order valence-corrected chi connectivity index (χ0v) is 13.3. The normalized spacial score (nSPS) is 19.2. The van der Waals surface area contributed by atoms with Gasteiger partial charge in [-0.15, -0.1) is 0 Å². The monoisotopic (exact) mass is 310 g/mol. The molecule has 0 radical (unpaired) electrons. The Kier molecular flexibility index (Phi) is 3.45. The van der Waals surface area contributed by atoms with Crippen LogP contribution in [0, 0.1) is 6.92 Å². The molecule has 0 spiro atoms. The molecule has 1 aliphatic rings. The molecule has 1 heterocycles. The van der Waals surface area contributed by atoms with Crippen LogP contribution in [0.25, 0.3) is 0 Å². The lowest BCUT2D eigenvalue weighted by Gasteiger charge is -2.24. The number of hydrogen-bond donors (Lipinski definition) is 2. The lowest BCUT2D eigenvalue weighted by atomic mass is 9.84. The molecule has 0 bridgehead atoms. The molecule has 5 nitrogen and oxygen atoms in total. The first-order chi connectivity index (χ1) is 10.9. The van der Waals surface area contributed by atoms with E-state index in [4.69, 9.17) is 0 Å². The van der Waals surface area contributed by atoms with Crippen LogP contribution in [0.2, 0.25) is 0 Å². The Morgan fingerprint density at radius 2 is 1.78 bits per heavy atom. The maximum atomic E-state index is 12.5. The van der Waals surface area contributed by atoms with Gasteiger partial charge in [0.25, 0.3) is 11.8 Å². The van der Waals surface area contributed by atoms with Gasteiger partial charge >= 0.3 is 0 Å². The topological polar surface area (TPSA) is 69.6 Å². The standard InChI is InChI=1S/C18H18N2O3/c1-11-7-9-12(10-8-11)18(23)15-13(16(21)20(2)3)5-4-6-14(15)19-17(18)22/h4-10,23H,1-3H3,(H,19,22). The number of amides is 2. The van der Waals surface area contributed by atoms with Gasteiger partial charge in [-0.2, -0.15) is 0 Å². The van der Waals surface area contributed by atoms with E-state index >= 15 is 0 Å². The van der Waals surface area contributed by atoms with Crippen LogP contribution in [-0.2, 0) is 10.4 Å². The molecule has 23 heavy (non-hydrogen) atoms. The van der Waals surface area contributed by atoms with Gasteiger partial charge in [0.2, 0.25) is 0 Å². The fourth-order valence-corrected chi connectivity index (χ4v) is 2.86. The zero-order chi connectivity index (χ0) is 16.8. The highest BCUT2D eigenvalue weighted by Gasteiger charge is 2.49. The van der Waals surface area contributed by atoms with Crippen LogP contribution in [-0.4, -0.2) is 35.9 Å². The van der Waals surface area contributed by atoms with E-state index < -0.39 is 11.5 Å². The molecule has 0 aromatic heterocycles. The van der Waals surface area contributed by atoms with Crippen molar-refractivity contribution >= 4 is 17.5 Å². The lowest BCUT2D eigenvalue weighted by Crippen LogP contribution is -2.37. The molecular formula is C18H18N2O3. The van der Waals surface area contributed by atoms with Gasteiger partial charge in [-0.05, 0) is 24.6 Å². The molecule has 0 saturated heterocycles. The number of carbonyl (C=O) groups is 2. The molecule has 118 valence electrons. The molecule has 2 amide bonds. The summed E-state index contributed by atoms with van der Waals surface area (Å²) >= 11 is 0. The molecule has 1 unspecified atom stereocenters. The Labute approximate surface area is 134 Å². The molecule has 1 aliphatic heterocycles. The van der Waals surface area contributed by atoms with Gasteiger partial charge in [0, 0.05) is 30.9 Å². The van der Waals surface area contributed by atoms with Crippen molar-refractivity contribution in [2.75, 3.05) is 19.4 Å². The fourth-order valence-electron chi connectivity index (χ4n) is 2.86. The third-order valence-electron chi connectivity index (χ3n) is 4.11. The third kappa shape index (κ3) is 2.21. The summed E-state index contributed by atoms with van der Waals surface area (Å²) in [4.78, 5) is 26.4. The van der Waals surface area contributed by atoms with Gasteiger partial charge in [0.15, 0.2) is 5.60 Å². The van der Waals surface area contributed by atoms with Crippen LogP contribution in [0.1, 0.15) is 27.0 Å². The number of aryl methyl sites for hydroxylation is 1. The van der Waals surface area contributed by atoms with Crippen LogP contribution in [0.4, 0.5) is 5.69 Å². The van der Waals surface area contributed by atoms with Crippen molar-refractivity contribution in [1.29, 1.82) is 0 Å². The zero-order valence-electron chi connectivity index (χ0n) is 13.3. The van der Waals surface area contributed by atoms with E-state index in [2.05, 4.69) is 5.32 Å². The first-order valence-corrected chi connectivity index (χ1v) is 7.32. The number of rotatable bonds is 2. The Bertz CT molecular complexity index is 796. The Morgan fingerprint density at radius 1 is 1.13 bits per heavy atom. The summed E-state index contributed by atoms with van der Waals surface area (Å²) in [7, 11) is 3.27. The van der Waals surface area contributed by atoms with Gasteiger partial charge < -0.3 is 15.3 Å². The van der Waals surface area contributed by atoms with Crippen molar-refractivity contribution in [1.82, 2.24) is 4.90 Å². The Hall–Kier alpha value is -2.66. The van der Waals surface area contributed by atoms with Crippen LogP contribution < -0.4 is 5.32 Å². The number of hydrogen-bond acceptors (Lipinski definition) is 3. The summed E-state index contributed by atoms with van der Waals surface area (Å²) < 4.78 is 0. The fraction of sp³-hybridized carbons (Fsp3) is 0.222. The van der Waals surface area contributed by atoms with Crippen molar-refractivity contribution in [2.45, 2.75) is 12.5 Å². The summed E-state index contributed by atoms with van der Waals surface area (Å²) in [6.07, 6.45) is 0. The second-order valence-electron chi connectivity index (χ2n) is 5.96. The van der Waals surface area contributed by atoms with Crippen LogP contribution >= 0.6 is 0 Å². The molecule has 2 N–H and O–H groups in total. The van der Waals surface area contributed by atoms with Crippen LogP contribution in [0.15, 0.2) is 42.5 Å². The number of aliphatic hydroxyl groups is 1. The van der Waals surface area contributed by atoms with Gasteiger partial charge in [-0.3, -0.25) is 9.59 Å². The predicted octanol–water partition coefficient (Wildman–Crippen LogP) is 1.88. The van der Waals surface area contributed by atoms with Crippen molar-refractivity contribution in [3.05, 3.63) is 64.7 Å². The number of carbonyl (C=O) groups excluding carboxylic acids is 2. The molecule has 5 heteroatoms. The van der Waals surface area contributed by atoms with Gasteiger partial charge in [-0.25, -0.2) is 0 Å². The molecule has 0 saturated carbocycles. The maximum Gasteiger partial charge on any atom is 0.265 e. The van der Waals surface area contributed by atoms with Gasteiger partial charge in [0.05, 0.1) is 0 Å². The smallest absolute Gasteiger partial charge is 0.265 e. The Balaban J connectivity index is 2.25. The molecule has 1 atom stereocenters. The summed E-state index contributed by atoms with van der Waals surface area (Å²) in [6, 6.07) is 12.1. The van der Waals surface area contributed by atoms with Crippen LogP contribution in [0.3, 0.4) is 0 Å². The van der Waals surface area contributed by atoms with Crippen LogP contribution in [0.5, 0.6) is 0 Å². The van der Waals surface area contributed by atoms with E-state index in [-0.39, 0.29) is 5.91 Å². The van der Waals surface area contributed by atoms with Crippen molar-refractivity contribution in [3.63, 3.8) is 0 Å². The summed E-state index contributed by atoms with van der Waals surface area (Å²) in [5, 5.41) is 13.9. The largest absolute Gasteiger partial charge is 0.372 e. The van der Waals surface area contributed by atoms with Gasteiger partial charge in [-0.1, -0.05) is 35.9 Å².